The summed E-state index contributed by atoms with van der Waals surface area (Å²) in [6.45, 7) is 1.88. The average Bonchev–Trinajstić information content (AvgIpc) is 2.47. The number of halogens is 2. The standard InChI is InChI=1S/C16H17Br2NO2/c1-20-11-14-15(18)6-3-7-16(14)19-8-9-21-13-5-2-4-12(17)10-13/h2-7,10,19H,8-9,11H2,1H3. The summed E-state index contributed by atoms with van der Waals surface area (Å²) in [5, 5.41) is 3.38. The van der Waals surface area contributed by atoms with E-state index >= 15 is 0 Å². The van der Waals surface area contributed by atoms with E-state index in [1.165, 1.54) is 0 Å². The maximum atomic E-state index is 5.70. The molecule has 0 aliphatic carbocycles. The summed E-state index contributed by atoms with van der Waals surface area (Å²) in [6.07, 6.45) is 0. The first kappa shape index (κ1) is 16.3. The molecule has 5 heteroatoms. The summed E-state index contributed by atoms with van der Waals surface area (Å²) in [7, 11) is 1.69. The van der Waals surface area contributed by atoms with Gasteiger partial charge in [-0.05, 0) is 30.3 Å². The molecule has 112 valence electrons. The molecule has 0 heterocycles. The van der Waals surface area contributed by atoms with Gasteiger partial charge in [0, 0.05) is 33.9 Å². The SMILES string of the molecule is COCc1c(Br)cccc1NCCOc1cccc(Br)c1. The molecule has 0 bridgehead atoms. The van der Waals surface area contributed by atoms with E-state index in [-0.39, 0.29) is 0 Å². The first-order valence-electron chi connectivity index (χ1n) is 6.59. The lowest BCUT2D eigenvalue weighted by atomic mass is 10.2. The minimum Gasteiger partial charge on any atom is -0.492 e. The lowest BCUT2D eigenvalue weighted by molar-refractivity contribution is 0.185. The lowest BCUT2D eigenvalue weighted by Gasteiger charge is -2.13. The van der Waals surface area contributed by atoms with E-state index in [0.29, 0.717) is 13.2 Å². The molecular weight excluding hydrogens is 398 g/mol. The molecule has 21 heavy (non-hydrogen) atoms. The highest BCUT2D eigenvalue weighted by Gasteiger charge is 2.05. The van der Waals surface area contributed by atoms with Crippen LogP contribution in [0.5, 0.6) is 5.75 Å². The fourth-order valence-corrected chi connectivity index (χ4v) is 2.79. The van der Waals surface area contributed by atoms with Crippen LogP contribution in [0.15, 0.2) is 51.4 Å². The Bertz CT molecular complexity index is 590. The van der Waals surface area contributed by atoms with Crippen LogP contribution in [0.25, 0.3) is 0 Å². The van der Waals surface area contributed by atoms with E-state index in [2.05, 4.69) is 37.2 Å². The number of methoxy groups -OCH3 is 1. The summed E-state index contributed by atoms with van der Waals surface area (Å²) in [5.74, 6) is 0.859. The molecule has 0 radical (unpaired) electrons. The maximum absolute atomic E-state index is 5.70. The number of hydrogen-bond donors (Lipinski definition) is 1. The Kier molecular flexibility index (Phi) is 6.54. The van der Waals surface area contributed by atoms with Gasteiger partial charge < -0.3 is 14.8 Å². The van der Waals surface area contributed by atoms with Gasteiger partial charge in [-0.1, -0.05) is 44.0 Å². The summed E-state index contributed by atoms with van der Waals surface area (Å²) >= 11 is 6.97. The number of nitrogens with one attached hydrogen (secondary N) is 1. The Morgan fingerprint density at radius 3 is 2.67 bits per heavy atom. The van der Waals surface area contributed by atoms with Gasteiger partial charge in [-0.3, -0.25) is 0 Å². The average molecular weight is 415 g/mol. The van der Waals surface area contributed by atoms with E-state index < -0.39 is 0 Å². The molecule has 0 saturated carbocycles. The summed E-state index contributed by atoms with van der Waals surface area (Å²) in [6, 6.07) is 13.9. The number of rotatable bonds is 7. The summed E-state index contributed by atoms with van der Waals surface area (Å²) < 4.78 is 13.0. The van der Waals surface area contributed by atoms with Crippen molar-refractivity contribution in [2.24, 2.45) is 0 Å². The van der Waals surface area contributed by atoms with E-state index in [0.717, 1.165) is 32.5 Å². The van der Waals surface area contributed by atoms with Gasteiger partial charge in [0.1, 0.15) is 12.4 Å². The molecule has 0 unspecified atom stereocenters. The predicted octanol–water partition coefficient (Wildman–Crippen LogP) is 4.85. The van der Waals surface area contributed by atoms with Crippen molar-refractivity contribution in [1.82, 2.24) is 0 Å². The molecule has 2 aromatic carbocycles. The lowest BCUT2D eigenvalue weighted by Crippen LogP contribution is -2.13. The zero-order valence-corrected chi connectivity index (χ0v) is 14.9. The largest absolute Gasteiger partial charge is 0.492 e. The molecule has 0 aliphatic rings. The van der Waals surface area contributed by atoms with Crippen LogP contribution in [-0.2, 0) is 11.3 Å². The van der Waals surface area contributed by atoms with Gasteiger partial charge in [-0.2, -0.15) is 0 Å². The van der Waals surface area contributed by atoms with Crippen LogP contribution in [0, 0.1) is 0 Å². The topological polar surface area (TPSA) is 30.5 Å². The van der Waals surface area contributed by atoms with Gasteiger partial charge in [0.15, 0.2) is 0 Å². The van der Waals surface area contributed by atoms with E-state index in [4.69, 9.17) is 9.47 Å². The quantitative estimate of drug-likeness (QED) is 0.657. The molecule has 0 atom stereocenters. The van der Waals surface area contributed by atoms with Crippen molar-refractivity contribution in [3.8, 4) is 5.75 Å². The fraction of sp³-hybridized carbons (Fsp3) is 0.250. The highest BCUT2D eigenvalue weighted by atomic mass is 79.9. The van der Waals surface area contributed by atoms with Crippen molar-refractivity contribution in [2.45, 2.75) is 6.61 Å². The van der Waals surface area contributed by atoms with Crippen LogP contribution in [0.1, 0.15) is 5.56 Å². The summed E-state index contributed by atoms with van der Waals surface area (Å²) in [5.41, 5.74) is 2.17. The van der Waals surface area contributed by atoms with Crippen LogP contribution < -0.4 is 10.1 Å². The highest BCUT2D eigenvalue weighted by Crippen LogP contribution is 2.25. The highest BCUT2D eigenvalue weighted by molar-refractivity contribution is 9.10. The van der Waals surface area contributed by atoms with Crippen LogP contribution in [0.2, 0.25) is 0 Å². The fourth-order valence-electron chi connectivity index (χ4n) is 1.93. The molecule has 1 N–H and O–H groups in total. The first-order valence-corrected chi connectivity index (χ1v) is 8.18. The maximum Gasteiger partial charge on any atom is 0.120 e. The molecule has 0 aromatic heterocycles. The summed E-state index contributed by atoms with van der Waals surface area (Å²) in [4.78, 5) is 0. The number of anilines is 1. The van der Waals surface area contributed by atoms with E-state index in [1.54, 1.807) is 7.11 Å². The van der Waals surface area contributed by atoms with Gasteiger partial charge in [0.25, 0.3) is 0 Å². The Labute approximate surface area is 141 Å². The number of benzene rings is 2. The van der Waals surface area contributed by atoms with E-state index in [1.807, 2.05) is 42.5 Å². The van der Waals surface area contributed by atoms with Gasteiger partial charge in [0.2, 0.25) is 0 Å². The predicted molar refractivity (Wildman–Crippen MR) is 93.0 cm³/mol. The van der Waals surface area contributed by atoms with Crippen molar-refractivity contribution < 1.29 is 9.47 Å². The van der Waals surface area contributed by atoms with Crippen LogP contribution in [-0.4, -0.2) is 20.3 Å². The Morgan fingerprint density at radius 2 is 1.90 bits per heavy atom. The zero-order chi connectivity index (χ0) is 15.1. The monoisotopic (exact) mass is 413 g/mol. The second-order valence-corrected chi connectivity index (χ2v) is 6.20. The van der Waals surface area contributed by atoms with Gasteiger partial charge in [-0.15, -0.1) is 0 Å². The molecule has 0 aliphatic heterocycles. The van der Waals surface area contributed by atoms with Crippen molar-refractivity contribution >= 4 is 37.5 Å². The molecule has 0 amide bonds. The van der Waals surface area contributed by atoms with Crippen LogP contribution >= 0.6 is 31.9 Å². The Morgan fingerprint density at radius 1 is 1.10 bits per heavy atom. The molecule has 0 spiro atoms. The van der Waals surface area contributed by atoms with E-state index in [9.17, 15) is 0 Å². The van der Waals surface area contributed by atoms with Crippen molar-refractivity contribution in [3.05, 3.63) is 57.0 Å². The Balaban J connectivity index is 1.87. The van der Waals surface area contributed by atoms with Crippen LogP contribution in [0.3, 0.4) is 0 Å². The third-order valence-electron chi connectivity index (χ3n) is 2.89. The smallest absolute Gasteiger partial charge is 0.120 e. The van der Waals surface area contributed by atoms with Crippen molar-refractivity contribution in [3.63, 3.8) is 0 Å². The third kappa shape index (κ3) is 5.02. The second-order valence-electron chi connectivity index (χ2n) is 4.43. The molecular formula is C16H17Br2NO2. The van der Waals surface area contributed by atoms with Crippen molar-refractivity contribution in [1.29, 1.82) is 0 Å². The Hall–Kier alpha value is -1.04. The zero-order valence-electron chi connectivity index (χ0n) is 11.7. The number of ether oxygens (including phenoxy) is 2. The molecule has 0 fully saturated rings. The van der Waals surface area contributed by atoms with Gasteiger partial charge in [-0.25, -0.2) is 0 Å². The molecule has 3 nitrogen and oxygen atoms in total. The number of hydrogen-bond acceptors (Lipinski definition) is 3. The van der Waals surface area contributed by atoms with Gasteiger partial charge in [0.05, 0.1) is 6.61 Å². The first-order chi connectivity index (χ1) is 10.2. The molecule has 0 saturated heterocycles. The van der Waals surface area contributed by atoms with Crippen molar-refractivity contribution in [2.75, 3.05) is 25.6 Å². The van der Waals surface area contributed by atoms with Gasteiger partial charge >= 0.3 is 0 Å². The van der Waals surface area contributed by atoms with Crippen LogP contribution in [0.4, 0.5) is 5.69 Å². The molecule has 2 rings (SSSR count). The minimum atomic E-state index is 0.566. The normalized spacial score (nSPS) is 10.4. The third-order valence-corrected chi connectivity index (χ3v) is 4.13. The minimum absolute atomic E-state index is 0.566. The second kappa shape index (κ2) is 8.41. The molecule has 2 aromatic rings.